The fourth-order valence-electron chi connectivity index (χ4n) is 3.38. The first kappa shape index (κ1) is 15.6. The molecule has 1 saturated heterocycles. The predicted molar refractivity (Wildman–Crippen MR) is 89.2 cm³/mol. The van der Waals surface area contributed by atoms with Crippen LogP contribution in [0.5, 0.6) is 0 Å². The summed E-state index contributed by atoms with van der Waals surface area (Å²) in [6.45, 7) is 2.82. The molecule has 1 aliphatic heterocycles. The van der Waals surface area contributed by atoms with Crippen LogP contribution >= 0.6 is 11.6 Å². The molecule has 0 atom stereocenters. The lowest BCUT2D eigenvalue weighted by Gasteiger charge is -2.36. The summed E-state index contributed by atoms with van der Waals surface area (Å²) in [5.74, 6) is 2.13. The van der Waals surface area contributed by atoms with Gasteiger partial charge < -0.3 is 9.80 Å². The van der Waals surface area contributed by atoms with Gasteiger partial charge in [-0.15, -0.1) is 0 Å². The number of aromatic nitrogens is 1. The molecule has 4 nitrogen and oxygen atoms in total. The molecule has 0 aromatic carbocycles. The molecular weight excluding hydrogens is 298 g/mol. The quantitative estimate of drug-likeness (QED) is 0.854. The normalized spacial score (nSPS) is 19.8. The van der Waals surface area contributed by atoms with E-state index in [1.807, 2.05) is 24.1 Å². The van der Waals surface area contributed by atoms with Crippen molar-refractivity contribution in [2.45, 2.75) is 32.1 Å². The average Bonchev–Trinajstić information content (AvgIpc) is 2.47. The Balaban J connectivity index is 1.49. The Hall–Kier alpha value is -1.29. The van der Waals surface area contributed by atoms with Gasteiger partial charge in [0.05, 0.1) is 5.02 Å². The average molecular weight is 322 g/mol. The van der Waals surface area contributed by atoms with Crippen molar-refractivity contribution in [3.63, 3.8) is 0 Å². The molecule has 1 amide bonds. The highest BCUT2D eigenvalue weighted by atomic mass is 35.5. The molecule has 0 radical (unpaired) electrons. The van der Waals surface area contributed by atoms with Gasteiger partial charge in [0.2, 0.25) is 5.91 Å². The van der Waals surface area contributed by atoms with Crippen molar-refractivity contribution in [3.05, 3.63) is 23.4 Å². The molecule has 0 spiro atoms. The highest BCUT2D eigenvalue weighted by Gasteiger charge is 2.30. The lowest BCUT2D eigenvalue weighted by molar-refractivity contribution is -0.137. The van der Waals surface area contributed by atoms with E-state index < -0.39 is 0 Å². The number of hydrogen-bond acceptors (Lipinski definition) is 3. The van der Waals surface area contributed by atoms with Gasteiger partial charge in [0.15, 0.2) is 0 Å². The minimum atomic E-state index is 0.303. The SMILES string of the molecule is CN(CC1CCN(c2ncccc2Cl)CC1)C(=O)C1CCC1. The summed E-state index contributed by atoms with van der Waals surface area (Å²) in [7, 11) is 1.96. The Kier molecular flexibility index (Phi) is 4.87. The van der Waals surface area contributed by atoms with Gasteiger partial charge in [0.25, 0.3) is 0 Å². The third-order valence-corrected chi connectivity index (χ3v) is 5.31. The zero-order chi connectivity index (χ0) is 15.5. The van der Waals surface area contributed by atoms with Crippen molar-refractivity contribution < 1.29 is 4.79 Å². The molecule has 0 bridgehead atoms. The molecule has 22 heavy (non-hydrogen) atoms. The summed E-state index contributed by atoms with van der Waals surface area (Å²) in [4.78, 5) is 20.8. The largest absolute Gasteiger partial charge is 0.355 e. The van der Waals surface area contributed by atoms with Crippen molar-refractivity contribution in [2.75, 3.05) is 31.6 Å². The Morgan fingerprint density at radius 1 is 1.36 bits per heavy atom. The summed E-state index contributed by atoms with van der Waals surface area (Å²) in [6.07, 6.45) is 7.36. The van der Waals surface area contributed by atoms with Gasteiger partial charge in [0, 0.05) is 38.8 Å². The Morgan fingerprint density at radius 3 is 2.68 bits per heavy atom. The van der Waals surface area contributed by atoms with E-state index in [0.29, 0.717) is 17.7 Å². The summed E-state index contributed by atoms with van der Waals surface area (Å²) in [6, 6.07) is 3.75. The first-order valence-corrected chi connectivity index (χ1v) is 8.63. The molecule has 5 heteroatoms. The summed E-state index contributed by atoms with van der Waals surface area (Å²) in [5.41, 5.74) is 0. The van der Waals surface area contributed by atoms with Crippen molar-refractivity contribution in [3.8, 4) is 0 Å². The second-order valence-corrected chi connectivity index (χ2v) is 6.99. The third-order valence-electron chi connectivity index (χ3n) is 5.02. The molecule has 0 unspecified atom stereocenters. The van der Waals surface area contributed by atoms with E-state index in [1.54, 1.807) is 6.20 Å². The number of hydrogen-bond donors (Lipinski definition) is 0. The van der Waals surface area contributed by atoms with Crippen LogP contribution in [0.2, 0.25) is 5.02 Å². The first-order chi connectivity index (χ1) is 10.6. The Bertz CT molecular complexity index is 524. The lowest BCUT2D eigenvalue weighted by Crippen LogP contribution is -2.42. The summed E-state index contributed by atoms with van der Waals surface area (Å²) >= 11 is 6.22. The van der Waals surface area contributed by atoms with Gasteiger partial charge in [-0.05, 0) is 43.7 Å². The predicted octanol–water partition coefficient (Wildman–Crippen LogP) is 3.21. The van der Waals surface area contributed by atoms with Crippen LogP contribution in [0.1, 0.15) is 32.1 Å². The van der Waals surface area contributed by atoms with Crippen LogP contribution in [0, 0.1) is 11.8 Å². The highest BCUT2D eigenvalue weighted by molar-refractivity contribution is 6.32. The third kappa shape index (κ3) is 3.37. The number of carbonyl (C=O) groups excluding carboxylic acids is 1. The highest BCUT2D eigenvalue weighted by Crippen LogP contribution is 2.30. The van der Waals surface area contributed by atoms with Gasteiger partial charge >= 0.3 is 0 Å². The zero-order valence-electron chi connectivity index (χ0n) is 13.2. The van der Waals surface area contributed by atoms with Crippen LogP contribution in [0.15, 0.2) is 18.3 Å². The fraction of sp³-hybridized carbons (Fsp3) is 0.647. The zero-order valence-corrected chi connectivity index (χ0v) is 13.9. The molecular formula is C17H24ClN3O. The lowest BCUT2D eigenvalue weighted by atomic mass is 9.84. The van der Waals surface area contributed by atoms with Crippen molar-refractivity contribution in [1.29, 1.82) is 0 Å². The van der Waals surface area contributed by atoms with E-state index in [2.05, 4.69) is 9.88 Å². The van der Waals surface area contributed by atoms with Crippen molar-refractivity contribution >= 4 is 23.3 Å². The van der Waals surface area contributed by atoms with E-state index in [4.69, 9.17) is 11.6 Å². The number of nitrogens with zero attached hydrogens (tertiary/aromatic N) is 3. The smallest absolute Gasteiger partial charge is 0.225 e. The minimum Gasteiger partial charge on any atom is -0.355 e. The van der Waals surface area contributed by atoms with E-state index in [-0.39, 0.29) is 0 Å². The molecule has 1 aromatic heterocycles. The maximum absolute atomic E-state index is 12.2. The minimum absolute atomic E-state index is 0.303. The number of halogens is 1. The van der Waals surface area contributed by atoms with E-state index in [0.717, 1.165) is 56.2 Å². The van der Waals surface area contributed by atoms with E-state index in [1.165, 1.54) is 6.42 Å². The maximum Gasteiger partial charge on any atom is 0.225 e. The van der Waals surface area contributed by atoms with E-state index in [9.17, 15) is 4.79 Å². The number of carbonyl (C=O) groups is 1. The van der Waals surface area contributed by atoms with Crippen molar-refractivity contribution in [1.82, 2.24) is 9.88 Å². The molecule has 2 aliphatic rings. The molecule has 2 fully saturated rings. The topological polar surface area (TPSA) is 36.4 Å². The standard InChI is InChI=1S/C17H24ClN3O/c1-20(17(22)14-4-2-5-14)12-13-7-10-21(11-8-13)16-15(18)6-3-9-19-16/h3,6,9,13-14H,2,4-5,7-8,10-12H2,1H3. The summed E-state index contributed by atoms with van der Waals surface area (Å²) < 4.78 is 0. The van der Waals surface area contributed by atoms with Gasteiger partial charge in [-0.1, -0.05) is 18.0 Å². The Morgan fingerprint density at radius 2 is 2.09 bits per heavy atom. The van der Waals surface area contributed by atoms with Gasteiger partial charge in [-0.25, -0.2) is 4.98 Å². The molecule has 0 N–H and O–H groups in total. The van der Waals surface area contributed by atoms with Crippen LogP contribution in [-0.4, -0.2) is 42.5 Å². The van der Waals surface area contributed by atoms with Crippen LogP contribution in [0.25, 0.3) is 0 Å². The number of rotatable bonds is 4. The monoisotopic (exact) mass is 321 g/mol. The van der Waals surface area contributed by atoms with Gasteiger partial charge in [0.1, 0.15) is 5.82 Å². The van der Waals surface area contributed by atoms with Crippen LogP contribution in [0.3, 0.4) is 0 Å². The van der Waals surface area contributed by atoms with Gasteiger partial charge in [-0.2, -0.15) is 0 Å². The van der Waals surface area contributed by atoms with E-state index >= 15 is 0 Å². The summed E-state index contributed by atoms with van der Waals surface area (Å²) in [5, 5.41) is 0.721. The second-order valence-electron chi connectivity index (χ2n) is 6.59. The van der Waals surface area contributed by atoms with Crippen LogP contribution < -0.4 is 4.90 Å². The second kappa shape index (κ2) is 6.86. The molecule has 1 aliphatic carbocycles. The van der Waals surface area contributed by atoms with Crippen LogP contribution in [-0.2, 0) is 4.79 Å². The number of pyridine rings is 1. The van der Waals surface area contributed by atoms with Crippen molar-refractivity contribution in [2.24, 2.45) is 11.8 Å². The van der Waals surface area contributed by atoms with Crippen LogP contribution in [0.4, 0.5) is 5.82 Å². The Labute approximate surface area is 137 Å². The molecule has 1 aromatic rings. The molecule has 1 saturated carbocycles. The first-order valence-electron chi connectivity index (χ1n) is 8.25. The maximum atomic E-state index is 12.2. The number of anilines is 1. The number of piperidine rings is 1. The number of amides is 1. The molecule has 120 valence electrons. The fourth-order valence-corrected chi connectivity index (χ4v) is 3.62. The van der Waals surface area contributed by atoms with Gasteiger partial charge in [-0.3, -0.25) is 4.79 Å². The molecule has 2 heterocycles. The molecule has 3 rings (SSSR count).